The van der Waals surface area contributed by atoms with Crippen molar-refractivity contribution in [3.05, 3.63) is 59.7 Å². The highest BCUT2D eigenvalue weighted by molar-refractivity contribution is 7.89. The molecular formula is C23H30N2O4S. The lowest BCUT2D eigenvalue weighted by Crippen LogP contribution is -2.51. The number of methoxy groups -OCH3 is 1. The van der Waals surface area contributed by atoms with Gasteiger partial charge in [-0.2, -0.15) is 4.72 Å². The molecule has 0 aliphatic carbocycles. The lowest BCUT2D eigenvalue weighted by molar-refractivity contribution is -0.134. The molecule has 2 aromatic rings. The van der Waals surface area contributed by atoms with Crippen molar-refractivity contribution in [2.45, 2.75) is 44.0 Å². The van der Waals surface area contributed by atoms with E-state index in [0.29, 0.717) is 25.4 Å². The first-order valence-electron chi connectivity index (χ1n) is 10.3. The van der Waals surface area contributed by atoms with Crippen molar-refractivity contribution in [1.29, 1.82) is 0 Å². The molecule has 0 unspecified atom stereocenters. The van der Waals surface area contributed by atoms with Crippen LogP contribution in [0.3, 0.4) is 0 Å². The predicted octanol–water partition coefficient (Wildman–Crippen LogP) is 3.15. The fourth-order valence-corrected chi connectivity index (χ4v) is 5.17. The Kier molecular flexibility index (Phi) is 7.15. The van der Waals surface area contributed by atoms with Crippen LogP contribution in [0.1, 0.15) is 30.9 Å². The molecule has 162 valence electrons. The van der Waals surface area contributed by atoms with Gasteiger partial charge in [0.2, 0.25) is 15.9 Å². The molecule has 1 N–H and O–H groups in total. The van der Waals surface area contributed by atoms with Gasteiger partial charge in [-0.1, -0.05) is 43.3 Å². The third kappa shape index (κ3) is 5.40. The van der Waals surface area contributed by atoms with Crippen LogP contribution < -0.4 is 9.46 Å². The minimum absolute atomic E-state index is 0.0446. The third-order valence-electron chi connectivity index (χ3n) is 5.58. The van der Waals surface area contributed by atoms with E-state index in [1.54, 1.807) is 23.1 Å². The second-order valence-corrected chi connectivity index (χ2v) is 9.71. The number of carbonyl (C=O) groups is 1. The maximum absolute atomic E-state index is 13.3. The van der Waals surface area contributed by atoms with Crippen LogP contribution in [0, 0.1) is 12.8 Å². The van der Waals surface area contributed by atoms with Gasteiger partial charge in [-0.05, 0) is 55.4 Å². The Morgan fingerprint density at radius 1 is 1.17 bits per heavy atom. The van der Waals surface area contributed by atoms with Crippen molar-refractivity contribution >= 4 is 15.9 Å². The van der Waals surface area contributed by atoms with E-state index in [9.17, 15) is 13.2 Å². The van der Waals surface area contributed by atoms with E-state index in [1.165, 1.54) is 7.11 Å². The maximum atomic E-state index is 13.3. The van der Waals surface area contributed by atoms with Gasteiger partial charge in [0, 0.05) is 13.1 Å². The SMILES string of the molecule is COc1ccc(C)cc1S(=O)(=O)N[C@H](Cc1ccccc1)C(=O)N1CCC(C)CC1. The number of piperidine rings is 1. The molecule has 3 rings (SSSR count). The van der Waals surface area contributed by atoms with Gasteiger partial charge in [0.05, 0.1) is 7.11 Å². The number of nitrogens with one attached hydrogen (secondary N) is 1. The van der Waals surface area contributed by atoms with Gasteiger partial charge >= 0.3 is 0 Å². The number of ether oxygens (including phenoxy) is 1. The molecule has 1 saturated heterocycles. The molecule has 30 heavy (non-hydrogen) atoms. The van der Waals surface area contributed by atoms with E-state index in [-0.39, 0.29) is 16.6 Å². The van der Waals surface area contributed by atoms with Crippen molar-refractivity contribution < 1.29 is 17.9 Å². The summed E-state index contributed by atoms with van der Waals surface area (Å²) in [4.78, 5) is 15.1. The normalized spacial score (nSPS) is 16.3. The zero-order valence-corrected chi connectivity index (χ0v) is 18.6. The summed E-state index contributed by atoms with van der Waals surface area (Å²) in [7, 11) is -2.53. The van der Waals surface area contributed by atoms with Crippen LogP contribution in [-0.2, 0) is 21.2 Å². The van der Waals surface area contributed by atoms with Crippen LogP contribution in [-0.4, -0.2) is 45.5 Å². The van der Waals surface area contributed by atoms with Crippen molar-refractivity contribution in [2.24, 2.45) is 5.92 Å². The molecule has 6 nitrogen and oxygen atoms in total. The molecule has 0 aromatic heterocycles. The van der Waals surface area contributed by atoms with Crippen LogP contribution in [0.4, 0.5) is 0 Å². The molecule has 2 aromatic carbocycles. The Hall–Kier alpha value is -2.38. The first kappa shape index (κ1) is 22.3. The predicted molar refractivity (Wildman–Crippen MR) is 117 cm³/mol. The van der Waals surface area contributed by atoms with Crippen molar-refractivity contribution in [1.82, 2.24) is 9.62 Å². The summed E-state index contributed by atoms with van der Waals surface area (Å²) in [6, 6.07) is 13.6. The van der Waals surface area contributed by atoms with E-state index in [4.69, 9.17) is 4.74 Å². The maximum Gasteiger partial charge on any atom is 0.244 e. The second-order valence-electron chi connectivity index (χ2n) is 8.03. The highest BCUT2D eigenvalue weighted by Gasteiger charge is 2.32. The molecule has 1 fully saturated rings. The van der Waals surface area contributed by atoms with E-state index >= 15 is 0 Å². The number of aryl methyl sites for hydroxylation is 1. The zero-order chi connectivity index (χ0) is 21.7. The topological polar surface area (TPSA) is 75.7 Å². The first-order valence-corrected chi connectivity index (χ1v) is 11.8. The quantitative estimate of drug-likeness (QED) is 0.732. The monoisotopic (exact) mass is 430 g/mol. The largest absolute Gasteiger partial charge is 0.495 e. The standard InChI is InChI=1S/C23H30N2O4S/c1-17-11-13-25(14-12-17)23(26)20(16-19-7-5-4-6-8-19)24-30(27,28)22-15-18(2)9-10-21(22)29-3/h4-10,15,17,20,24H,11-14,16H2,1-3H3/t20-/m1/s1. The Balaban J connectivity index is 1.90. The third-order valence-corrected chi connectivity index (χ3v) is 7.07. The molecule has 1 amide bonds. The summed E-state index contributed by atoms with van der Waals surface area (Å²) < 4.78 is 34.4. The average Bonchev–Trinajstić information content (AvgIpc) is 2.74. The second kappa shape index (κ2) is 9.62. The van der Waals surface area contributed by atoms with E-state index in [1.807, 2.05) is 37.3 Å². The summed E-state index contributed by atoms with van der Waals surface area (Å²) in [6.45, 7) is 5.30. The Bertz CT molecular complexity index is 968. The fraction of sp³-hybridized carbons (Fsp3) is 0.435. The van der Waals surface area contributed by atoms with Gasteiger partial charge in [-0.25, -0.2) is 8.42 Å². The van der Waals surface area contributed by atoms with Crippen LogP contribution >= 0.6 is 0 Å². The van der Waals surface area contributed by atoms with Crippen LogP contribution in [0.15, 0.2) is 53.4 Å². The number of nitrogens with zero attached hydrogens (tertiary/aromatic N) is 1. The fourth-order valence-electron chi connectivity index (χ4n) is 3.72. The Morgan fingerprint density at radius 3 is 2.47 bits per heavy atom. The average molecular weight is 431 g/mol. The minimum Gasteiger partial charge on any atom is -0.495 e. The number of likely N-dealkylation sites (tertiary alicyclic amines) is 1. The lowest BCUT2D eigenvalue weighted by atomic mass is 9.98. The van der Waals surface area contributed by atoms with Crippen molar-refractivity contribution in [3.63, 3.8) is 0 Å². The van der Waals surface area contributed by atoms with Crippen LogP contribution in [0.5, 0.6) is 5.75 Å². The van der Waals surface area contributed by atoms with Gasteiger partial charge < -0.3 is 9.64 Å². The van der Waals surface area contributed by atoms with Gasteiger partial charge in [0.25, 0.3) is 0 Å². The molecule has 0 bridgehead atoms. The summed E-state index contributed by atoms with van der Waals surface area (Å²) in [6.07, 6.45) is 2.16. The van der Waals surface area contributed by atoms with Crippen LogP contribution in [0.25, 0.3) is 0 Å². The van der Waals surface area contributed by atoms with Gasteiger partial charge in [0.15, 0.2) is 0 Å². The minimum atomic E-state index is -3.96. The number of amides is 1. The molecule has 1 heterocycles. The number of hydrogen-bond acceptors (Lipinski definition) is 4. The first-order chi connectivity index (χ1) is 14.3. The van der Waals surface area contributed by atoms with E-state index < -0.39 is 16.1 Å². The zero-order valence-electron chi connectivity index (χ0n) is 17.8. The molecule has 1 aliphatic rings. The van der Waals surface area contributed by atoms with E-state index in [2.05, 4.69) is 11.6 Å². The van der Waals surface area contributed by atoms with Crippen LogP contribution in [0.2, 0.25) is 0 Å². The highest BCUT2D eigenvalue weighted by atomic mass is 32.2. The molecule has 1 aliphatic heterocycles. The van der Waals surface area contributed by atoms with E-state index in [0.717, 1.165) is 24.0 Å². The molecule has 0 radical (unpaired) electrons. The van der Waals surface area contributed by atoms with Gasteiger partial charge in [-0.3, -0.25) is 4.79 Å². The van der Waals surface area contributed by atoms with Gasteiger partial charge in [0.1, 0.15) is 16.7 Å². The molecule has 1 atom stereocenters. The molecular weight excluding hydrogens is 400 g/mol. The summed E-state index contributed by atoms with van der Waals surface area (Å²) in [5, 5.41) is 0. The number of benzene rings is 2. The van der Waals surface area contributed by atoms with Crippen molar-refractivity contribution in [3.8, 4) is 5.75 Å². The Morgan fingerprint density at radius 2 is 1.83 bits per heavy atom. The highest BCUT2D eigenvalue weighted by Crippen LogP contribution is 2.25. The number of hydrogen-bond donors (Lipinski definition) is 1. The number of sulfonamides is 1. The Labute approximate surface area is 179 Å². The molecule has 0 saturated carbocycles. The number of rotatable bonds is 7. The van der Waals surface area contributed by atoms with Gasteiger partial charge in [-0.15, -0.1) is 0 Å². The summed E-state index contributed by atoms with van der Waals surface area (Å²) in [5.74, 6) is 0.654. The number of carbonyl (C=O) groups excluding carboxylic acids is 1. The molecule has 0 spiro atoms. The lowest BCUT2D eigenvalue weighted by Gasteiger charge is -2.33. The summed E-state index contributed by atoms with van der Waals surface area (Å²) >= 11 is 0. The smallest absolute Gasteiger partial charge is 0.244 e. The summed E-state index contributed by atoms with van der Waals surface area (Å²) in [5.41, 5.74) is 1.70. The molecule has 7 heteroatoms. The van der Waals surface area contributed by atoms with Crippen molar-refractivity contribution in [2.75, 3.05) is 20.2 Å².